The fourth-order valence-electron chi connectivity index (χ4n) is 2.31. The first-order valence-electron chi connectivity index (χ1n) is 8.56. The highest BCUT2D eigenvalue weighted by molar-refractivity contribution is 14.0. The molecular formula is C19H26ClIN4O. The quantitative estimate of drug-likeness (QED) is 0.334. The molecule has 5 nitrogen and oxygen atoms in total. The van der Waals surface area contributed by atoms with Gasteiger partial charge in [0.25, 0.3) is 0 Å². The Bertz CT molecular complexity index is 682. The number of hydrogen-bond acceptors (Lipinski definition) is 3. The number of nitrogens with zero attached hydrogens (tertiary/aromatic N) is 2. The first-order valence-corrected chi connectivity index (χ1v) is 8.94. The zero-order chi connectivity index (χ0) is 17.9. The number of benzene rings is 1. The summed E-state index contributed by atoms with van der Waals surface area (Å²) in [5, 5.41) is 7.25. The molecular weight excluding hydrogens is 463 g/mol. The van der Waals surface area contributed by atoms with Crippen molar-refractivity contribution in [1.82, 2.24) is 15.6 Å². The monoisotopic (exact) mass is 488 g/mol. The Hall–Kier alpha value is -1.54. The molecule has 142 valence electrons. The highest BCUT2D eigenvalue weighted by Gasteiger charge is 2.05. The average molecular weight is 489 g/mol. The third kappa shape index (κ3) is 7.78. The van der Waals surface area contributed by atoms with Crippen LogP contribution in [0.1, 0.15) is 25.1 Å². The SMILES string of the molecule is CCNC(=NCc1ccc(Cl)cc1OCC)NCCc1ccccn1.I. The normalized spacial score (nSPS) is 10.8. The van der Waals surface area contributed by atoms with Crippen molar-refractivity contribution in [3.63, 3.8) is 0 Å². The molecule has 0 bridgehead atoms. The number of aliphatic imine (C=N–C) groups is 1. The van der Waals surface area contributed by atoms with Gasteiger partial charge in [-0.15, -0.1) is 24.0 Å². The van der Waals surface area contributed by atoms with Crippen molar-refractivity contribution in [3.8, 4) is 5.75 Å². The molecule has 7 heteroatoms. The van der Waals surface area contributed by atoms with Gasteiger partial charge in [0.1, 0.15) is 5.75 Å². The molecule has 0 unspecified atom stereocenters. The first kappa shape index (κ1) is 22.5. The predicted molar refractivity (Wildman–Crippen MR) is 119 cm³/mol. The van der Waals surface area contributed by atoms with Crippen molar-refractivity contribution in [1.29, 1.82) is 0 Å². The van der Waals surface area contributed by atoms with Crippen molar-refractivity contribution < 1.29 is 4.74 Å². The van der Waals surface area contributed by atoms with Crippen molar-refractivity contribution in [3.05, 3.63) is 58.9 Å². The predicted octanol–water partition coefficient (Wildman–Crippen LogP) is 4.05. The maximum atomic E-state index is 6.05. The van der Waals surface area contributed by atoms with Gasteiger partial charge in [-0.25, -0.2) is 4.99 Å². The lowest BCUT2D eigenvalue weighted by Crippen LogP contribution is -2.38. The zero-order valence-electron chi connectivity index (χ0n) is 15.2. The summed E-state index contributed by atoms with van der Waals surface area (Å²) in [6.45, 7) is 6.68. The van der Waals surface area contributed by atoms with Crippen LogP contribution in [0.25, 0.3) is 0 Å². The van der Waals surface area contributed by atoms with E-state index in [0.717, 1.165) is 42.5 Å². The number of ether oxygens (including phenoxy) is 1. The molecule has 0 fully saturated rings. The van der Waals surface area contributed by atoms with Crippen molar-refractivity contribution >= 4 is 41.5 Å². The molecule has 0 aliphatic rings. The maximum absolute atomic E-state index is 6.05. The summed E-state index contributed by atoms with van der Waals surface area (Å²) in [6.07, 6.45) is 2.65. The van der Waals surface area contributed by atoms with Gasteiger partial charge < -0.3 is 15.4 Å². The van der Waals surface area contributed by atoms with Crippen LogP contribution in [-0.4, -0.2) is 30.6 Å². The van der Waals surface area contributed by atoms with E-state index < -0.39 is 0 Å². The van der Waals surface area contributed by atoms with E-state index in [1.54, 1.807) is 0 Å². The van der Waals surface area contributed by atoms with E-state index in [2.05, 4.69) is 20.6 Å². The number of halogens is 2. The van der Waals surface area contributed by atoms with Crippen molar-refractivity contribution in [2.75, 3.05) is 19.7 Å². The summed E-state index contributed by atoms with van der Waals surface area (Å²) in [5.74, 6) is 1.55. The molecule has 0 spiro atoms. The smallest absolute Gasteiger partial charge is 0.191 e. The fourth-order valence-corrected chi connectivity index (χ4v) is 2.47. The summed E-state index contributed by atoms with van der Waals surface area (Å²) >= 11 is 6.05. The van der Waals surface area contributed by atoms with Gasteiger partial charge in [0.2, 0.25) is 0 Å². The molecule has 0 saturated heterocycles. The van der Waals surface area contributed by atoms with Gasteiger partial charge in [0.15, 0.2) is 5.96 Å². The largest absolute Gasteiger partial charge is 0.493 e. The lowest BCUT2D eigenvalue weighted by atomic mass is 10.2. The summed E-state index contributed by atoms with van der Waals surface area (Å²) in [6, 6.07) is 11.6. The van der Waals surface area contributed by atoms with Gasteiger partial charge in [-0.1, -0.05) is 23.7 Å². The minimum atomic E-state index is 0. The summed E-state index contributed by atoms with van der Waals surface area (Å²) in [5.41, 5.74) is 2.07. The van der Waals surface area contributed by atoms with E-state index in [4.69, 9.17) is 16.3 Å². The van der Waals surface area contributed by atoms with Crippen molar-refractivity contribution in [2.45, 2.75) is 26.8 Å². The Morgan fingerprint density at radius 2 is 2.04 bits per heavy atom. The molecule has 2 aromatic rings. The van der Waals surface area contributed by atoms with Gasteiger partial charge in [0.05, 0.1) is 13.2 Å². The Labute approximate surface area is 177 Å². The third-order valence-electron chi connectivity index (χ3n) is 3.48. The summed E-state index contributed by atoms with van der Waals surface area (Å²) < 4.78 is 5.65. The standard InChI is InChI=1S/C19H25ClN4O.HI/c1-3-21-19(23-12-10-17-7-5-6-11-22-17)24-14-15-8-9-16(20)13-18(15)25-4-2;/h5-9,11,13H,3-4,10,12,14H2,1-2H3,(H2,21,23,24);1H. The summed E-state index contributed by atoms with van der Waals surface area (Å²) in [4.78, 5) is 8.96. The van der Waals surface area contributed by atoms with Crippen molar-refractivity contribution in [2.24, 2.45) is 4.99 Å². The average Bonchev–Trinajstić information content (AvgIpc) is 2.62. The lowest BCUT2D eigenvalue weighted by Gasteiger charge is -2.13. The second kappa shape index (κ2) is 12.8. The van der Waals surface area contributed by atoms with Gasteiger partial charge >= 0.3 is 0 Å². The van der Waals surface area contributed by atoms with Gasteiger partial charge in [-0.3, -0.25) is 4.98 Å². The van der Waals surface area contributed by atoms with Crippen LogP contribution in [0.15, 0.2) is 47.6 Å². The highest BCUT2D eigenvalue weighted by Crippen LogP contribution is 2.24. The molecule has 1 aromatic carbocycles. The van der Waals surface area contributed by atoms with E-state index in [9.17, 15) is 0 Å². The molecule has 1 heterocycles. The van der Waals surface area contributed by atoms with Gasteiger partial charge in [-0.2, -0.15) is 0 Å². The van der Waals surface area contributed by atoms with Gasteiger partial charge in [-0.05, 0) is 38.1 Å². The van der Waals surface area contributed by atoms with E-state index in [-0.39, 0.29) is 24.0 Å². The van der Waals surface area contributed by atoms with Crippen LogP contribution in [-0.2, 0) is 13.0 Å². The number of nitrogens with one attached hydrogen (secondary N) is 2. The molecule has 2 rings (SSSR count). The third-order valence-corrected chi connectivity index (χ3v) is 3.72. The topological polar surface area (TPSA) is 58.5 Å². The molecule has 0 aliphatic heterocycles. The minimum Gasteiger partial charge on any atom is -0.493 e. The molecule has 0 amide bonds. The van der Waals surface area contributed by atoms with Crippen LogP contribution in [0, 0.1) is 0 Å². The van der Waals surface area contributed by atoms with E-state index in [1.165, 1.54) is 0 Å². The van der Waals surface area contributed by atoms with Crippen LogP contribution in [0.5, 0.6) is 5.75 Å². The molecule has 1 aromatic heterocycles. The van der Waals surface area contributed by atoms with Crippen LogP contribution < -0.4 is 15.4 Å². The molecule has 0 saturated carbocycles. The zero-order valence-corrected chi connectivity index (χ0v) is 18.3. The first-order chi connectivity index (χ1) is 12.2. The lowest BCUT2D eigenvalue weighted by molar-refractivity contribution is 0.336. The van der Waals surface area contributed by atoms with Crippen LogP contribution >= 0.6 is 35.6 Å². The second-order valence-electron chi connectivity index (χ2n) is 5.38. The number of guanidine groups is 1. The Kier molecular flexibility index (Phi) is 11.0. The van der Waals surface area contributed by atoms with Crippen LogP contribution in [0.3, 0.4) is 0 Å². The number of hydrogen-bond donors (Lipinski definition) is 2. The maximum Gasteiger partial charge on any atom is 0.191 e. The van der Waals surface area contributed by atoms with E-state index in [0.29, 0.717) is 18.2 Å². The van der Waals surface area contributed by atoms with E-state index in [1.807, 2.05) is 56.4 Å². The Morgan fingerprint density at radius 3 is 2.73 bits per heavy atom. The van der Waals surface area contributed by atoms with Gasteiger partial charge in [0, 0.05) is 42.0 Å². The number of aromatic nitrogens is 1. The summed E-state index contributed by atoms with van der Waals surface area (Å²) in [7, 11) is 0. The van der Waals surface area contributed by atoms with E-state index >= 15 is 0 Å². The number of pyridine rings is 1. The molecule has 0 radical (unpaired) electrons. The molecule has 2 N–H and O–H groups in total. The Morgan fingerprint density at radius 1 is 1.19 bits per heavy atom. The molecule has 0 atom stereocenters. The second-order valence-corrected chi connectivity index (χ2v) is 5.81. The van der Waals surface area contributed by atoms with Crippen LogP contribution in [0.4, 0.5) is 0 Å². The fraction of sp³-hybridized carbons (Fsp3) is 0.368. The highest BCUT2D eigenvalue weighted by atomic mass is 127. The van der Waals surface area contributed by atoms with Crippen LogP contribution in [0.2, 0.25) is 5.02 Å². The molecule has 26 heavy (non-hydrogen) atoms. The number of rotatable bonds is 8. The molecule has 0 aliphatic carbocycles. The minimum absolute atomic E-state index is 0. The Balaban J connectivity index is 0.00000338.